The molecule has 0 unspecified atom stereocenters. The van der Waals surface area contributed by atoms with Crippen molar-refractivity contribution in [3.63, 3.8) is 0 Å². The van der Waals surface area contributed by atoms with Crippen LogP contribution in [0.2, 0.25) is 0 Å². The van der Waals surface area contributed by atoms with E-state index >= 15 is 0 Å². The molecule has 5 nitrogen and oxygen atoms in total. The van der Waals surface area contributed by atoms with Gasteiger partial charge in [-0.2, -0.15) is 0 Å². The van der Waals surface area contributed by atoms with E-state index in [0.29, 0.717) is 51.9 Å². The number of aliphatic hydroxyl groups is 1. The van der Waals surface area contributed by atoms with Crippen LogP contribution in [0.4, 0.5) is 5.69 Å². The number of nitrogens with one attached hydrogen (secondary N) is 1. The molecule has 1 aliphatic rings. The molecule has 0 spiro atoms. The maximum absolute atomic E-state index is 12.5. The third-order valence-electron chi connectivity index (χ3n) is 3.91. The minimum absolute atomic E-state index is 0.0489. The van der Waals surface area contributed by atoms with Gasteiger partial charge >= 0.3 is 0 Å². The van der Waals surface area contributed by atoms with Gasteiger partial charge in [-0.05, 0) is 30.5 Å². The SMILES string of the molecule is Nc1ccc(CCO)cc1-c1nc2/c(c(=O)[nH]1)=C\CC(Cl)=CC/C=2. The summed E-state index contributed by atoms with van der Waals surface area (Å²) < 4.78 is 0. The number of nitrogen functional groups attached to an aromatic ring is 1. The van der Waals surface area contributed by atoms with Gasteiger partial charge in [-0.1, -0.05) is 35.9 Å². The van der Waals surface area contributed by atoms with Crippen molar-refractivity contribution >= 4 is 29.4 Å². The van der Waals surface area contributed by atoms with Crippen LogP contribution in [-0.4, -0.2) is 21.7 Å². The van der Waals surface area contributed by atoms with Gasteiger partial charge in [0.05, 0.1) is 10.6 Å². The Labute approximate surface area is 143 Å². The number of hydrogen-bond acceptors (Lipinski definition) is 4. The lowest BCUT2D eigenvalue weighted by atomic mass is 10.1. The van der Waals surface area contributed by atoms with Gasteiger partial charge in [-0.25, -0.2) is 4.98 Å². The lowest BCUT2D eigenvalue weighted by molar-refractivity contribution is 0.299. The summed E-state index contributed by atoms with van der Waals surface area (Å²) >= 11 is 6.05. The first-order valence-electron chi connectivity index (χ1n) is 7.73. The van der Waals surface area contributed by atoms with E-state index in [1.165, 1.54) is 0 Å². The molecule has 124 valence electrons. The smallest absolute Gasteiger partial charge is 0.258 e. The van der Waals surface area contributed by atoms with Crippen molar-refractivity contribution in [3.05, 3.63) is 55.8 Å². The van der Waals surface area contributed by atoms with Crippen molar-refractivity contribution in [2.75, 3.05) is 12.3 Å². The predicted octanol–water partition coefficient (Wildman–Crippen LogP) is 1.03. The van der Waals surface area contributed by atoms with Gasteiger partial charge in [0.25, 0.3) is 5.56 Å². The maximum atomic E-state index is 12.5. The second-order valence-electron chi connectivity index (χ2n) is 5.61. The zero-order valence-corrected chi connectivity index (χ0v) is 13.8. The van der Waals surface area contributed by atoms with Crippen LogP contribution in [0, 0.1) is 0 Å². The average molecular weight is 344 g/mol. The fourth-order valence-electron chi connectivity index (χ4n) is 2.65. The highest BCUT2D eigenvalue weighted by Gasteiger charge is 2.09. The van der Waals surface area contributed by atoms with E-state index in [0.717, 1.165) is 5.56 Å². The van der Waals surface area contributed by atoms with Crippen LogP contribution in [-0.2, 0) is 6.42 Å². The lowest BCUT2D eigenvalue weighted by Crippen LogP contribution is -2.43. The molecule has 1 aromatic heterocycles. The van der Waals surface area contributed by atoms with E-state index in [2.05, 4.69) is 9.97 Å². The number of benzene rings is 1. The third kappa shape index (κ3) is 3.42. The number of anilines is 1. The van der Waals surface area contributed by atoms with Crippen molar-refractivity contribution in [2.45, 2.75) is 19.3 Å². The van der Waals surface area contributed by atoms with E-state index in [4.69, 9.17) is 22.4 Å². The van der Waals surface area contributed by atoms with Crippen LogP contribution in [0.3, 0.4) is 0 Å². The van der Waals surface area contributed by atoms with E-state index in [1.807, 2.05) is 24.3 Å². The van der Waals surface area contributed by atoms with Crippen LogP contribution < -0.4 is 21.9 Å². The molecule has 0 radical (unpaired) electrons. The Hall–Kier alpha value is -2.37. The molecular formula is C18H18ClN3O2. The molecule has 0 atom stereocenters. The number of allylic oxidation sites excluding steroid dienone is 2. The van der Waals surface area contributed by atoms with Crippen molar-refractivity contribution in [3.8, 4) is 11.4 Å². The van der Waals surface area contributed by atoms with Gasteiger partial charge < -0.3 is 15.8 Å². The van der Waals surface area contributed by atoms with Crippen LogP contribution in [0.1, 0.15) is 18.4 Å². The van der Waals surface area contributed by atoms with Crippen LogP contribution in [0.25, 0.3) is 23.5 Å². The fourth-order valence-corrected chi connectivity index (χ4v) is 2.82. The number of nitrogens with two attached hydrogens (primary N) is 1. The molecule has 1 aromatic carbocycles. The Balaban J connectivity index is 2.18. The summed E-state index contributed by atoms with van der Waals surface area (Å²) in [4.78, 5) is 19.8. The molecule has 3 rings (SSSR count). The quantitative estimate of drug-likeness (QED) is 0.726. The first-order valence-corrected chi connectivity index (χ1v) is 8.11. The Kier molecular flexibility index (Phi) is 4.83. The van der Waals surface area contributed by atoms with E-state index in [9.17, 15) is 4.79 Å². The molecule has 0 saturated heterocycles. The van der Waals surface area contributed by atoms with Gasteiger partial charge in [-0.3, -0.25) is 4.79 Å². The molecule has 0 bridgehead atoms. The van der Waals surface area contributed by atoms with Gasteiger partial charge in [0.1, 0.15) is 5.82 Å². The molecule has 0 fully saturated rings. The Morgan fingerprint density at radius 3 is 2.92 bits per heavy atom. The van der Waals surface area contributed by atoms with E-state index in [-0.39, 0.29) is 12.2 Å². The van der Waals surface area contributed by atoms with Crippen molar-refractivity contribution < 1.29 is 5.11 Å². The molecule has 1 aliphatic carbocycles. The van der Waals surface area contributed by atoms with Gasteiger partial charge in [0.2, 0.25) is 0 Å². The van der Waals surface area contributed by atoms with Crippen molar-refractivity contribution in [1.29, 1.82) is 0 Å². The fraction of sp³-hybridized carbons (Fsp3) is 0.222. The minimum atomic E-state index is -0.218. The molecule has 24 heavy (non-hydrogen) atoms. The zero-order chi connectivity index (χ0) is 17.1. The molecule has 0 saturated carbocycles. The summed E-state index contributed by atoms with van der Waals surface area (Å²) in [6, 6.07) is 5.46. The highest BCUT2D eigenvalue weighted by Crippen LogP contribution is 2.22. The number of rotatable bonds is 3. The van der Waals surface area contributed by atoms with Gasteiger partial charge in [0, 0.05) is 29.3 Å². The lowest BCUT2D eigenvalue weighted by Gasteiger charge is -2.08. The number of nitrogens with zero attached hydrogens (tertiary/aromatic N) is 1. The molecule has 6 heteroatoms. The second-order valence-corrected chi connectivity index (χ2v) is 6.09. The summed E-state index contributed by atoms with van der Waals surface area (Å²) in [7, 11) is 0. The molecule has 0 amide bonds. The Morgan fingerprint density at radius 2 is 2.12 bits per heavy atom. The Morgan fingerprint density at radius 1 is 1.29 bits per heavy atom. The number of aromatic amines is 1. The minimum Gasteiger partial charge on any atom is -0.398 e. The number of H-pyrrole nitrogens is 1. The van der Waals surface area contributed by atoms with Crippen molar-refractivity contribution in [2.24, 2.45) is 0 Å². The molecular weight excluding hydrogens is 326 g/mol. The predicted molar refractivity (Wildman–Crippen MR) is 96.8 cm³/mol. The number of aliphatic hydroxyl groups excluding tert-OH is 1. The summed E-state index contributed by atoms with van der Waals surface area (Å²) in [5, 5.41) is 11.0. The number of hydrogen-bond donors (Lipinski definition) is 3. The normalized spacial score (nSPS) is 16.7. The molecule has 1 heterocycles. The van der Waals surface area contributed by atoms with Crippen LogP contribution >= 0.6 is 11.6 Å². The maximum Gasteiger partial charge on any atom is 0.258 e. The number of fused-ring (bicyclic) bond motifs is 1. The summed E-state index contributed by atoms with van der Waals surface area (Å²) in [5.74, 6) is 0.427. The summed E-state index contributed by atoms with van der Waals surface area (Å²) in [6.07, 6.45) is 7.21. The first-order chi connectivity index (χ1) is 11.6. The van der Waals surface area contributed by atoms with E-state index in [1.54, 1.807) is 12.1 Å². The topological polar surface area (TPSA) is 92.0 Å². The number of aromatic nitrogens is 2. The monoisotopic (exact) mass is 343 g/mol. The average Bonchev–Trinajstić information content (AvgIpc) is 2.54. The molecule has 0 aliphatic heterocycles. The zero-order valence-electron chi connectivity index (χ0n) is 13.1. The van der Waals surface area contributed by atoms with Crippen LogP contribution in [0.15, 0.2) is 34.1 Å². The summed E-state index contributed by atoms with van der Waals surface area (Å²) in [5.41, 5.74) is 7.94. The van der Waals surface area contributed by atoms with Gasteiger partial charge in [0.15, 0.2) is 0 Å². The van der Waals surface area contributed by atoms with Gasteiger partial charge in [-0.15, -0.1) is 0 Å². The van der Waals surface area contributed by atoms with E-state index < -0.39 is 0 Å². The van der Waals surface area contributed by atoms with Crippen LogP contribution in [0.5, 0.6) is 0 Å². The highest BCUT2D eigenvalue weighted by molar-refractivity contribution is 6.29. The third-order valence-corrected chi connectivity index (χ3v) is 4.22. The second kappa shape index (κ2) is 7.03. The number of halogens is 1. The Bertz CT molecular complexity index is 977. The van der Waals surface area contributed by atoms with Crippen molar-refractivity contribution in [1.82, 2.24) is 9.97 Å². The molecule has 2 aromatic rings. The molecule has 4 N–H and O–H groups in total. The summed E-state index contributed by atoms with van der Waals surface area (Å²) in [6.45, 7) is 0.0489. The largest absolute Gasteiger partial charge is 0.398 e. The highest BCUT2D eigenvalue weighted by atomic mass is 35.5. The first kappa shape index (κ1) is 16.5. The standard InChI is InChI=1S/C18H18ClN3O2/c19-12-2-1-3-16-13(6-5-12)18(24)22-17(21-16)14-10-11(8-9-23)4-7-15(14)20/h2-4,6-7,10,23H,1,5,8-9,20H2,(H,21,22,24)/b12-2?,13-6+,16-3-.